The van der Waals surface area contributed by atoms with Crippen LogP contribution in [-0.2, 0) is 9.31 Å². The number of hydrogen-bond donors (Lipinski definition) is 0. The third kappa shape index (κ3) is 4.74. The van der Waals surface area contributed by atoms with Crippen LogP contribution in [-0.4, -0.2) is 33.3 Å². The molecule has 3 aliphatic carbocycles. The molecule has 176 valence electrons. The van der Waals surface area contributed by atoms with E-state index in [2.05, 4.69) is 58.1 Å². The molecule has 5 rings (SSSR count). The fourth-order valence-electron chi connectivity index (χ4n) is 5.31. The van der Waals surface area contributed by atoms with Crippen molar-refractivity contribution in [2.75, 3.05) is 0 Å². The Kier molecular flexibility index (Phi) is 6.34. The molecule has 2 heterocycles. The van der Waals surface area contributed by atoms with Crippen molar-refractivity contribution >= 4 is 7.12 Å². The number of hydrogen-bond acceptors (Lipinski definition) is 5. The Bertz CT molecular complexity index is 946. The molecule has 1 saturated heterocycles. The van der Waals surface area contributed by atoms with Crippen LogP contribution in [0.2, 0.25) is 0 Å². The van der Waals surface area contributed by atoms with Gasteiger partial charge in [0, 0.05) is 17.8 Å². The second-order valence-electron chi connectivity index (χ2n) is 11.2. The highest BCUT2D eigenvalue weighted by Gasteiger charge is 2.52. The highest BCUT2D eigenvalue weighted by molar-refractivity contribution is 6.55. The monoisotopic (exact) mass is 447 g/mol. The first kappa shape index (κ1) is 23.0. The van der Waals surface area contributed by atoms with Crippen molar-refractivity contribution in [3.8, 4) is 0 Å². The average molecular weight is 447 g/mol. The Balaban J connectivity index is 1.38. The first-order valence-electron chi connectivity index (χ1n) is 13.0. The predicted octanol–water partition coefficient (Wildman–Crippen LogP) is 6.34. The van der Waals surface area contributed by atoms with Crippen LogP contribution in [0.4, 0.5) is 0 Å². The second-order valence-corrected chi connectivity index (χ2v) is 11.2. The maximum absolute atomic E-state index is 6.25. The molecule has 0 radical (unpaired) electrons. The van der Waals surface area contributed by atoms with E-state index in [0.29, 0.717) is 11.8 Å². The van der Waals surface area contributed by atoms with Gasteiger partial charge in [0.25, 0.3) is 0 Å². The van der Waals surface area contributed by atoms with E-state index in [1.807, 2.05) is 0 Å². The molecule has 5 nitrogen and oxygen atoms in total. The summed E-state index contributed by atoms with van der Waals surface area (Å²) in [6, 6.07) is 0. The molecule has 1 saturated carbocycles. The molecular formula is C27H38BN3O2. The van der Waals surface area contributed by atoms with E-state index in [0.717, 1.165) is 35.8 Å². The lowest BCUT2D eigenvalue weighted by Gasteiger charge is -2.32. The highest BCUT2D eigenvalue weighted by atomic mass is 16.7. The number of rotatable bonds is 4. The smallest absolute Gasteiger partial charge is 0.399 e. The fourth-order valence-corrected chi connectivity index (χ4v) is 5.31. The van der Waals surface area contributed by atoms with Crippen LogP contribution in [0.25, 0.3) is 0 Å². The molecule has 1 aromatic heterocycles. The lowest BCUT2D eigenvalue weighted by Crippen LogP contribution is -2.41. The molecule has 0 aromatic carbocycles. The Morgan fingerprint density at radius 1 is 0.788 bits per heavy atom. The van der Waals surface area contributed by atoms with Gasteiger partial charge in [0.15, 0.2) is 0 Å². The largest absolute Gasteiger partial charge is 0.494 e. The van der Waals surface area contributed by atoms with Crippen molar-refractivity contribution in [1.29, 1.82) is 0 Å². The van der Waals surface area contributed by atoms with Crippen LogP contribution >= 0.6 is 0 Å². The fraction of sp³-hybridized carbons (Fsp3) is 0.667. The Hall–Kier alpha value is -1.79. The van der Waals surface area contributed by atoms with E-state index < -0.39 is 0 Å². The Morgan fingerprint density at radius 3 is 2.06 bits per heavy atom. The van der Waals surface area contributed by atoms with E-state index in [4.69, 9.17) is 24.3 Å². The maximum Gasteiger partial charge on any atom is 0.494 e. The maximum atomic E-state index is 6.25. The summed E-state index contributed by atoms with van der Waals surface area (Å²) in [6.07, 6.45) is 21.9. The molecule has 1 aromatic rings. The highest BCUT2D eigenvalue weighted by Crippen LogP contribution is 2.40. The van der Waals surface area contributed by atoms with E-state index in [9.17, 15) is 0 Å². The molecule has 1 aliphatic heterocycles. The van der Waals surface area contributed by atoms with Gasteiger partial charge in [-0.05, 0) is 71.7 Å². The molecule has 4 aliphatic rings. The van der Waals surface area contributed by atoms with E-state index in [1.54, 1.807) is 0 Å². The van der Waals surface area contributed by atoms with Crippen molar-refractivity contribution in [3.63, 3.8) is 0 Å². The van der Waals surface area contributed by atoms with Crippen LogP contribution in [0, 0.1) is 0 Å². The normalized spacial score (nSPS) is 29.3. The van der Waals surface area contributed by atoms with Gasteiger partial charge in [-0.15, -0.1) is 0 Å². The van der Waals surface area contributed by atoms with Crippen molar-refractivity contribution in [3.05, 3.63) is 53.3 Å². The molecule has 2 fully saturated rings. The quantitative estimate of drug-likeness (QED) is 0.398. The van der Waals surface area contributed by atoms with Crippen molar-refractivity contribution < 1.29 is 9.31 Å². The van der Waals surface area contributed by atoms with Gasteiger partial charge in [0.05, 0.1) is 11.2 Å². The minimum Gasteiger partial charge on any atom is -0.399 e. The minimum absolute atomic E-state index is 0.174. The van der Waals surface area contributed by atoms with Crippen molar-refractivity contribution in [2.24, 2.45) is 0 Å². The Morgan fingerprint density at radius 2 is 1.45 bits per heavy atom. The minimum atomic E-state index is -0.325. The zero-order chi connectivity index (χ0) is 23.1. The van der Waals surface area contributed by atoms with Gasteiger partial charge in [0.2, 0.25) is 0 Å². The van der Waals surface area contributed by atoms with Gasteiger partial charge in [-0.3, -0.25) is 0 Å². The number of allylic oxidation sites excluding steroid dienone is 6. The van der Waals surface area contributed by atoms with Gasteiger partial charge < -0.3 is 9.31 Å². The van der Waals surface area contributed by atoms with Crippen molar-refractivity contribution in [1.82, 2.24) is 15.0 Å². The van der Waals surface area contributed by atoms with Gasteiger partial charge in [-0.25, -0.2) is 15.0 Å². The molecular weight excluding hydrogens is 409 g/mol. The predicted molar refractivity (Wildman–Crippen MR) is 132 cm³/mol. The first-order valence-corrected chi connectivity index (χ1v) is 13.0. The molecule has 2 unspecified atom stereocenters. The molecule has 0 spiro atoms. The molecule has 0 N–H and O–H groups in total. The molecule has 33 heavy (non-hydrogen) atoms. The zero-order valence-corrected chi connectivity index (χ0v) is 20.7. The summed E-state index contributed by atoms with van der Waals surface area (Å²) in [6.45, 7) is 8.40. The van der Waals surface area contributed by atoms with Crippen LogP contribution < -0.4 is 0 Å². The summed E-state index contributed by atoms with van der Waals surface area (Å²) < 4.78 is 12.5. The average Bonchev–Trinajstić information content (AvgIpc) is 3.07. The lowest BCUT2D eigenvalue weighted by atomic mass is 9.74. The lowest BCUT2D eigenvalue weighted by molar-refractivity contribution is 0.00578. The van der Waals surface area contributed by atoms with E-state index in [1.165, 1.54) is 44.9 Å². The molecule has 0 bridgehead atoms. The molecule has 0 amide bonds. The van der Waals surface area contributed by atoms with Gasteiger partial charge in [0.1, 0.15) is 17.5 Å². The number of nitrogens with zero attached hydrogens (tertiary/aromatic N) is 3. The topological polar surface area (TPSA) is 57.1 Å². The van der Waals surface area contributed by atoms with E-state index >= 15 is 0 Å². The third-order valence-corrected chi connectivity index (χ3v) is 8.23. The molecule has 6 heteroatoms. The van der Waals surface area contributed by atoms with E-state index in [-0.39, 0.29) is 24.2 Å². The third-order valence-electron chi connectivity index (χ3n) is 8.23. The SMILES string of the molecule is CC1(C)OB(C2=CCC(c3nc(C4C=CCCC4)nc(C4CCCCC4)n3)C=C2)OC1(C)C. The van der Waals surface area contributed by atoms with Crippen molar-refractivity contribution in [2.45, 2.75) is 114 Å². The van der Waals surface area contributed by atoms with Crippen LogP contribution in [0.15, 0.2) is 35.9 Å². The summed E-state index contributed by atoms with van der Waals surface area (Å²) in [4.78, 5) is 15.1. The van der Waals surface area contributed by atoms with Gasteiger partial charge >= 0.3 is 7.12 Å². The summed E-state index contributed by atoms with van der Waals surface area (Å²) in [5.41, 5.74) is 0.450. The van der Waals surface area contributed by atoms with Crippen LogP contribution in [0.3, 0.4) is 0 Å². The standard InChI is InChI=1S/C27H38BN3O2/c1-26(2)27(3,4)33-28(32-26)22-17-15-21(16-18-22)25-30-23(19-11-7-5-8-12-19)29-24(31-25)20-13-9-6-10-14-20/h7,11,15,17-21H,5-6,8-10,12-14,16H2,1-4H3. The zero-order valence-electron chi connectivity index (χ0n) is 20.7. The summed E-state index contributed by atoms with van der Waals surface area (Å²) in [7, 11) is -0.314. The Labute approximate surface area is 199 Å². The second kappa shape index (κ2) is 9.11. The van der Waals surface area contributed by atoms with Crippen LogP contribution in [0.1, 0.15) is 121 Å². The van der Waals surface area contributed by atoms with Gasteiger partial charge in [-0.2, -0.15) is 0 Å². The summed E-state index contributed by atoms with van der Waals surface area (Å²) in [5, 5.41) is 0. The first-order chi connectivity index (χ1) is 15.8. The van der Waals surface area contributed by atoms with Gasteiger partial charge in [-0.1, -0.05) is 49.6 Å². The van der Waals surface area contributed by atoms with Crippen LogP contribution in [0.5, 0.6) is 0 Å². The summed E-state index contributed by atoms with van der Waals surface area (Å²) >= 11 is 0. The number of aromatic nitrogens is 3. The molecule has 2 atom stereocenters. The summed E-state index contributed by atoms with van der Waals surface area (Å²) in [5.74, 6) is 3.92.